The molecule has 10 nitrogen and oxygen atoms in total. The molecule has 30 heavy (non-hydrogen) atoms. The van der Waals surface area contributed by atoms with Crippen molar-refractivity contribution in [1.82, 2.24) is 30.4 Å². The molecule has 2 atom stereocenters. The predicted molar refractivity (Wildman–Crippen MR) is 112 cm³/mol. The lowest BCUT2D eigenvalue weighted by atomic mass is 10.0. The lowest BCUT2D eigenvalue weighted by molar-refractivity contribution is -0.116. The number of nitrogens with zero attached hydrogens (tertiary/aromatic N) is 6. The maximum absolute atomic E-state index is 12.2. The molecule has 2 N–H and O–H groups in total. The number of hydrogen-bond acceptors (Lipinski definition) is 10. The lowest BCUT2D eigenvalue weighted by Crippen LogP contribution is -2.14. The Bertz CT molecular complexity index is 1020. The monoisotopic (exact) mass is 444 g/mol. The van der Waals surface area contributed by atoms with Crippen LogP contribution in [0.1, 0.15) is 47.7 Å². The quantitative estimate of drug-likeness (QED) is 0.567. The van der Waals surface area contributed by atoms with Gasteiger partial charge in [0.2, 0.25) is 22.1 Å². The van der Waals surface area contributed by atoms with E-state index >= 15 is 0 Å². The molecule has 2 amide bonds. The number of amides is 2. The molecule has 3 aromatic rings. The second-order valence-corrected chi connectivity index (χ2v) is 9.25. The third-order valence-corrected chi connectivity index (χ3v) is 6.63. The van der Waals surface area contributed by atoms with Gasteiger partial charge in [-0.25, -0.2) is 9.97 Å². The summed E-state index contributed by atoms with van der Waals surface area (Å²) >= 11 is 2.85. The van der Waals surface area contributed by atoms with Crippen LogP contribution in [0.3, 0.4) is 0 Å². The second-order valence-electron chi connectivity index (χ2n) is 7.18. The fourth-order valence-corrected chi connectivity index (χ4v) is 5.30. The number of hydrogen-bond donors (Lipinski definition) is 2. The standard InChI is InChI=1S/C18H20N8O2S2/c1-10(27)21-17-25-23-15(29-17)6-11-2-3-13(4-11)16-24-26-18(30-16)22-14(28)5-12-7-19-9-20-8-12/h7-9,11,13H,2-6H2,1H3,(H,21,25,27)(H,22,26,28)/t11-,13?/m0/s1. The molecule has 1 saturated carbocycles. The Kier molecular flexibility index (Phi) is 6.33. The largest absolute Gasteiger partial charge is 0.301 e. The first-order chi connectivity index (χ1) is 14.5. The molecular formula is C18H20N8O2S2. The van der Waals surface area contributed by atoms with Crippen LogP contribution in [0.4, 0.5) is 10.3 Å². The van der Waals surface area contributed by atoms with Crippen molar-refractivity contribution >= 4 is 44.8 Å². The van der Waals surface area contributed by atoms with Gasteiger partial charge in [-0.1, -0.05) is 22.7 Å². The number of carbonyl (C=O) groups is 2. The lowest BCUT2D eigenvalue weighted by Gasteiger charge is -2.06. The van der Waals surface area contributed by atoms with Gasteiger partial charge >= 0.3 is 0 Å². The maximum Gasteiger partial charge on any atom is 0.230 e. The van der Waals surface area contributed by atoms with Crippen molar-refractivity contribution in [2.45, 2.75) is 44.9 Å². The summed E-state index contributed by atoms with van der Waals surface area (Å²) in [6.45, 7) is 1.46. The fraction of sp³-hybridized carbons (Fsp3) is 0.444. The minimum Gasteiger partial charge on any atom is -0.301 e. The molecule has 0 bridgehead atoms. The fourth-order valence-electron chi connectivity index (χ4n) is 3.49. The highest BCUT2D eigenvalue weighted by Crippen LogP contribution is 2.41. The van der Waals surface area contributed by atoms with Crippen LogP contribution in [0.2, 0.25) is 0 Å². The van der Waals surface area contributed by atoms with E-state index in [1.807, 2.05) is 0 Å². The van der Waals surface area contributed by atoms with Crippen molar-refractivity contribution in [1.29, 1.82) is 0 Å². The zero-order valence-electron chi connectivity index (χ0n) is 16.2. The molecule has 0 spiro atoms. The summed E-state index contributed by atoms with van der Waals surface area (Å²) in [7, 11) is 0. The summed E-state index contributed by atoms with van der Waals surface area (Å²) in [5.41, 5.74) is 0.747. The molecule has 0 aliphatic heterocycles. The molecular weight excluding hydrogens is 424 g/mol. The van der Waals surface area contributed by atoms with Crippen LogP contribution in [-0.2, 0) is 22.4 Å². The summed E-state index contributed by atoms with van der Waals surface area (Å²) < 4.78 is 0. The highest BCUT2D eigenvalue weighted by atomic mass is 32.1. The van der Waals surface area contributed by atoms with E-state index in [0.29, 0.717) is 22.1 Å². The first-order valence-electron chi connectivity index (χ1n) is 9.52. The van der Waals surface area contributed by atoms with Crippen molar-refractivity contribution in [2.24, 2.45) is 5.92 Å². The Morgan fingerprint density at radius 3 is 2.60 bits per heavy atom. The minimum atomic E-state index is -0.164. The van der Waals surface area contributed by atoms with Gasteiger partial charge in [-0.2, -0.15) is 0 Å². The van der Waals surface area contributed by atoms with Crippen LogP contribution < -0.4 is 10.6 Å². The molecule has 1 aliphatic rings. The summed E-state index contributed by atoms with van der Waals surface area (Å²) in [6.07, 6.45) is 8.82. The third-order valence-electron chi connectivity index (χ3n) is 4.77. The normalized spacial score (nSPS) is 18.3. The Morgan fingerprint density at radius 1 is 1.03 bits per heavy atom. The third kappa shape index (κ3) is 5.39. The van der Waals surface area contributed by atoms with Gasteiger partial charge in [0.15, 0.2) is 0 Å². The van der Waals surface area contributed by atoms with Gasteiger partial charge in [-0.3, -0.25) is 9.59 Å². The average Bonchev–Trinajstić information content (AvgIpc) is 3.44. The molecule has 0 radical (unpaired) electrons. The number of rotatable bonds is 7. The van der Waals surface area contributed by atoms with Crippen molar-refractivity contribution in [3.05, 3.63) is 34.3 Å². The van der Waals surface area contributed by atoms with E-state index in [1.165, 1.54) is 35.9 Å². The van der Waals surface area contributed by atoms with Gasteiger partial charge in [-0.05, 0) is 30.7 Å². The Hall–Kier alpha value is -2.86. The molecule has 1 fully saturated rings. The Morgan fingerprint density at radius 2 is 1.80 bits per heavy atom. The van der Waals surface area contributed by atoms with Crippen LogP contribution in [0.5, 0.6) is 0 Å². The topological polar surface area (TPSA) is 136 Å². The zero-order valence-corrected chi connectivity index (χ0v) is 17.9. The van der Waals surface area contributed by atoms with Crippen LogP contribution in [0, 0.1) is 5.92 Å². The maximum atomic E-state index is 12.2. The average molecular weight is 445 g/mol. The van der Waals surface area contributed by atoms with Gasteiger partial charge in [-0.15, -0.1) is 20.4 Å². The van der Waals surface area contributed by atoms with Crippen LogP contribution in [0.15, 0.2) is 18.7 Å². The van der Waals surface area contributed by atoms with Crippen molar-refractivity contribution in [3.8, 4) is 0 Å². The van der Waals surface area contributed by atoms with E-state index in [1.54, 1.807) is 12.4 Å². The van der Waals surface area contributed by atoms with Gasteiger partial charge in [0.05, 0.1) is 6.42 Å². The first-order valence-corrected chi connectivity index (χ1v) is 11.2. The van der Waals surface area contributed by atoms with Crippen molar-refractivity contribution in [2.75, 3.05) is 10.6 Å². The minimum absolute atomic E-state index is 0.144. The number of carbonyl (C=O) groups excluding carboxylic acids is 2. The van der Waals surface area contributed by atoms with E-state index in [2.05, 4.69) is 41.0 Å². The predicted octanol–water partition coefficient (Wildman–Crippen LogP) is 2.45. The van der Waals surface area contributed by atoms with Crippen LogP contribution in [0.25, 0.3) is 0 Å². The number of nitrogens with one attached hydrogen (secondary N) is 2. The second kappa shape index (κ2) is 9.30. The van der Waals surface area contributed by atoms with E-state index in [9.17, 15) is 9.59 Å². The first kappa shape index (κ1) is 20.4. The van der Waals surface area contributed by atoms with Crippen LogP contribution in [-0.4, -0.2) is 42.2 Å². The summed E-state index contributed by atoms with van der Waals surface area (Å²) in [6, 6.07) is 0. The summed E-state index contributed by atoms with van der Waals surface area (Å²) in [5, 5.41) is 25.0. The molecule has 156 valence electrons. The van der Waals surface area contributed by atoms with E-state index in [-0.39, 0.29) is 18.2 Å². The van der Waals surface area contributed by atoms with Gasteiger partial charge in [0.1, 0.15) is 16.3 Å². The Balaban J connectivity index is 1.28. The van der Waals surface area contributed by atoms with E-state index in [0.717, 1.165) is 41.3 Å². The molecule has 12 heteroatoms. The molecule has 3 aromatic heterocycles. The van der Waals surface area contributed by atoms with E-state index in [4.69, 9.17) is 0 Å². The van der Waals surface area contributed by atoms with Crippen molar-refractivity contribution in [3.63, 3.8) is 0 Å². The number of anilines is 2. The molecule has 3 heterocycles. The van der Waals surface area contributed by atoms with Gasteiger partial charge in [0, 0.05) is 31.7 Å². The molecule has 4 rings (SSSR count). The highest BCUT2D eigenvalue weighted by molar-refractivity contribution is 7.15. The number of aromatic nitrogens is 6. The summed E-state index contributed by atoms with van der Waals surface area (Å²) in [4.78, 5) is 31.1. The van der Waals surface area contributed by atoms with E-state index < -0.39 is 0 Å². The molecule has 0 saturated heterocycles. The highest BCUT2D eigenvalue weighted by Gasteiger charge is 2.29. The zero-order chi connectivity index (χ0) is 20.9. The Labute approximate surface area is 180 Å². The molecule has 0 aromatic carbocycles. The van der Waals surface area contributed by atoms with Gasteiger partial charge < -0.3 is 10.6 Å². The molecule has 1 aliphatic carbocycles. The SMILES string of the molecule is CC(=O)Nc1nnc(C[C@H]2CCC(c3nnc(NC(=O)Cc4cncnc4)s3)C2)s1. The summed E-state index contributed by atoms with van der Waals surface area (Å²) in [5.74, 6) is 0.523. The molecule has 1 unspecified atom stereocenters. The van der Waals surface area contributed by atoms with Crippen LogP contribution >= 0.6 is 22.7 Å². The van der Waals surface area contributed by atoms with Gasteiger partial charge in [0.25, 0.3) is 0 Å². The smallest absolute Gasteiger partial charge is 0.230 e. The van der Waals surface area contributed by atoms with Crippen molar-refractivity contribution < 1.29 is 9.59 Å².